The summed E-state index contributed by atoms with van der Waals surface area (Å²) in [6, 6.07) is 0. The minimum Gasteiger partial charge on any atom is -0.457 e. The molecule has 0 spiro atoms. The lowest BCUT2D eigenvalue weighted by atomic mass is 9.73. The van der Waals surface area contributed by atoms with Crippen LogP contribution in [-0.2, 0) is 14.3 Å². The van der Waals surface area contributed by atoms with E-state index < -0.39 is 35.6 Å². The third kappa shape index (κ3) is 8.27. The van der Waals surface area contributed by atoms with Crippen LogP contribution in [0.2, 0.25) is 0 Å². The largest absolute Gasteiger partial charge is 0.457 e. The van der Waals surface area contributed by atoms with Gasteiger partial charge in [0, 0.05) is 17.7 Å². The lowest BCUT2D eigenvalue weighted by molar-refractivity contribution is -0.154. The second-order valence-electron chi connectivity index (χ2n) is 10.4. The van der Waals surface area contributed by atoms with E-state index in [-0.39, 0.29) is 18.1 Å². The van der Waals surface area contributed by atoms with Crippen LogP contribution >= 0.6 is 23.1 Å². The molecule has 2 heterocycles. The first-order chi connectivity index (χ1) is 16.4. The molecule has 0 unspecified atom stereocenters. The number of aromatic nitrogens is 1. The number of aliphatic hydroxyl groups excluding tert-OH is 2. The fourth-order valence-corrected chi connectivity index (χ4v) is 5.61. The van der Waals surface area contributed by atoms with Gasteiger partial charge in [-0.25, -0.2) is 4.98 Å². The van der Waals surface area contributed by atoms with E-state index in [2.05, 4.69) is 18.0 Å². The molecule has 8 heteroatoms. The lowest BCUT2D eigenvalue weighted by Gasteiger charge is -2.34. The maximum atomic E-state index is 13.2. The first-order valence-corrected chi connectivity index (χ1v) is 14.4. The predicted octanol–water partition coefficient (Wildman–Crippen LogP) is 5.68. The summed E-state index contributed by atoms with van der Waals surface area (Å²) in [5.41, 5.74) is 1.70. The van der Waals surface area contributed by atoms with Crippen molar-refractivity contribution in [2.24, 2.45) is 17.3 Å². The van der Waals surface area contributed by atoms with Crippen molar-refractivity contribution in [1.29, 1.82) is 0 Å². The van der Waals surface area contributed by atoms with Crippen LogP contribution in [-0.4, -0.2) is 51.5 Å². The molecular weight excluding hydrogens is 482 g/mol. The molecule has 0 amide bonds. The molecule has 35 heavy (non-hydrogen) atoms. The zero-order chi connectivity index (χ0) is 26.3. The van der Waals surface area contributed by atoms with Crippen molar-refractivity contribution in [1.82, 2.24) is 4.98 Å². The van der Waals surface area contributed by atoms with Gasteiger partial charge in [0.25, 0.3) is 0 Å². The number of thiazole rings is 1. The van der Waals surface area contributed by atoms with E-state index in [9.17, 15) is 19.8 Å². The van der Waals surface area contributed by atoms with Gasteiger partial charge >= 0.3 is 5.97 Å². The van der Waals surface area contributed by atoms with Gasteiger partial charge in [-0.3, -0.25) is 9.59 Å². The number of nitrogens with zero attached hydrogens (tertiary/aromatic N) is 1. The first-order valence-electron chi connectivity index (χ1n) is 12.3. The van der Waals surface area contributed by atoms with Crippen molar-refractivity contribution in [2.45, 2.75) is 96.3 Å². The predicted molar refractivity (Wildman–Crippen MR) is 143 cm³/mol. The number of cyclic esters (lactones) is 1. The first kappa shape index (κ1) is 29.7. The van der Waals surface area contributed by atoms with Crippen molar-refractivity contribution < 1.29 is 24.5 Å². The molecule has 0 saturated carbocycles. The molecule has 0 bridgehead atoms. The molecule has 1 aromatic heterocycles. The molecule has 0 aliphatic carbocycles. The maximum absolute atomic E-state index is 13.2. The summed E-state index contributed by atoms with van der Waals surface area (Å²) in [6.45, 7) is 10.9. The Bertz CT molecular complexity index is 936. The fraction of sp³-hybridized carbons (Fsp3) is 0.667. The molecule has 1 aliphatic heterocycles. The second kappa shape index (κ2) is 13.2. The Morgan fingerprint density at radius 3 is 2.60 bits per heavy atom. The summed E-state index contributed by atoms with van der Waals surface area (Å²) in [6.07, 6.45) is 6.30. The van der Waals surface area contributed by atoms with Gasteiger partial charge < -0.3 is 14.9 Å². The second-order valence-corrected chi connectivity index (χ2v) is 12.3. The van der Waals surface area contributed by atoms with Gasteiger partial charge in [0.2, 0.25) is 0 Å². The zero-order valence-corrected chi connectivity index (χ0v) is 23.7. The van der Waals surface area contributed by atoms with E-state index in [1.165, 1.54) is 5.57 Å². The summed E-state index contributed by atoms with van der Waals surface area (Å²) in [5.74, 6) is -1.49. The Hall–Kier alpha value is -1.48. The molecule has 2 rings (SSSR count). The van der Waals surface area contributed by atoms with E-state index in [1.807, 2.05) is 31.6 Å². The Kier molecular flexibility index (Phi) is 11.2. The number of ether oxygens (including phenoxy) is 1. The van der Waals surface area contributed by atoms with Crippen molar-refractivity contribution in [3.05, 3.63) is 28.3 Å². The Morgan fingerprint density at radius 2 is 1.97 bits per heavy atom. The number of hydrogen-bond acceptors (Lipinski definition) is 8. The van der Waals surface area contributed by atoms with Crippen LogP contribution in [0.1, 0.15) is 79.3 Å². The van der Waals surface area contributed by atoms with Gasteiger partial charge in [0.1, 0.15) is 16.2 Å². The van der Waals surface area contributed by atoms with Crippen LogP contribution in [0.25, 0.3) is 6.08 Å². The molecule has 6 nitrogen and oxygen atoms in total. The van der Waals surface area contributed by atoms with Crippen LogP contribution < -0.4 is 0 Å². The highest BCUT2D eigenvalue weighted by Gasteiger charge is 2.42. The molecule has 5 atom stereocenters. The summed E-state index contributed by atoms with van der Waals surface area (Å²) in [4.78, 5) is 30.6. The van der Waals surface area contributed by atoms with Gasteiger partial charge in [0.05, 0.1) is 29.7 Å². The quantitative estimate of drug-likeness (QED) is 0.299. The van der Waals surface area contributed by atoms with Crippen LogP contribution in [0.15, 0.2) is 26.9 Å². The van der Waals surface area contributed by atoms with E-state index in [0.29, 0.717) is 6.42 Å². The number of thioether (sulfide) groups is 1. The number of ketones is 1. The summed E-state index contributed by atoms with van der Waals surface area (Å²) >= 11 is 3.16. The summed E-state index contributed by atoms with van der Waals surface area (Å²) < 4.78 is 6.80. The fourth-order valence-electron chi connectivity index (χ4n) is 4.38. The molecule has 1 aromatic rings. The van der Waals surface area contributed by atoms with E-state index >= 15 is 0 Å². The third-order valence-corrected chi connectivity index (χ3v) is 8.96. The standard InChI is InChI=1S/C27H41NO5S2/c1-16-9-8-10-17(2)24(31)19(4)25(32)27(5,6)22(29)14-23(30)33-21(12-11-16)18(3)13-20-15-35-26(28-20)34-7/h11,13,15,17,19,21-22,24,29,31H,8-10,12,14H2,1-7H3/b16-11-,18-13+/t17-,19+,21-,22-,24-/m0/s1. The molecule has 196 valence electrons. The molecule has 0 saturated heterocycles. The number of rotatable bonds is 3. The number of aliphatic hydroxyl groups is 2. The van der Waals surface area contributed by atoms with Crippen molar-refractivity contribution in [2.75, 3.05) is 6.26 Å². The van der Waals surface area contributed by atoms with Gasteiger partial charge in [-0.2, -0.15) is 0 Å². The monoisotopic (exact) mass is 523 g/mol. The smallest absolute Gasteiger partial charge is 0.309 e. The van der Waals surface area contributed by atoms with Crippen molar-refractivity contribution in [3.63, 3.8) is 0 Å². The highest BCUT2D eigenvalue weighted by atomic mass is 32.2. The number of hydrogen-bond donors (Lipinski definition) is 2. The number of Topliss-reactive ketones (excluding diaryl/α,β-unsaturated/α-hetero) is 1. The molecule has 1 aliphatic rings. The minimum atomic E-state index is -1.22. The molecular formula is C27H41NO5S2. The highest BCUT2D eigenvalue weighted by molar-refractivity contribution is 8.00. The van der Waals surface area contributed by atoms with Crippen LogP contribution in [0, 0.1) is 17.3 Å². The number of carbonyl (C=O) groups is 2. The summed E-state index contributed by atoms with van der Waals surface area (Å²) in [7, 11) is 0. The average molecular weight is 524 g/mol. The number of allylic oxidation sites excluding steroid dienone is 1. The van der Waals surface area contributed by atoms with Crippen molar-refractivity contribution >= 4 is 40.9 Å². The van der Waals surface area contributed by atoms with Crippen LogP contribution in [0.5, 0.6) is 0 Å². The topological polar surface area (TPSA) is 96.7 Å². The average Bonchev–Trinajstić information content (AvgIpc) is 3.26. The number of carbonyl (C=O) groups excluding carboxylic acids is 2. The normalized spacial score (nSPS) is 31.5. The Morgan fingerprint density at radius 1 is 1.29 bits per heavy atom. The van der Waals surface area contributed by atoms with E-state index in [0.717, 1.165) is 34.9 Å². The van der Waals surface area contributed by atoms with Crippen molar-refractivity contribution in [3.8, 4) is 0 Å². The van der Waals surface area contributed by atoms with E-state index in [1.54, 1.807) is 43.9 Å². The Labute approximate surface area is 218 Å². The molecule has 0 fully saturated rings. The van der Waals surface area contributed by atoms with Gasteiger partial charge in [-0.15, -0.1) is 11.3 Å². The van der Waals surface area contributed by atoms with Gasteiger partial charge in [0.15, 0.2) is 0 Å². The van der Waals surface area contributed by atoms with Gasteiger partial charge in [-0.1, -0.05) is 51.1 Å². The molecule has 0 radical (unpaired) electrons. The van der Waals surface area contributed by atoms with Gasteiger partial charge in [-0.05, 0) is 56.9 Å². The molecule has 0 aromatic carbocycles. The number of esters is 1. The van der Waals surface area contributed by atoms with E-state index in [4.69, 9.17) is 4.74 Å². The lowest BCUT2D eigenvalue weighted by Crippen LogP contribution is -2.45. The molecule has 2 N–H and O–H groups in total. The summed E-state index contributed by atoms with van der Waals surface area (Å²) in [5, 5.41) is 23.6. The maximum Gasteiger partial charge on any atom is 0.309 e. The SMILES string of the molecule is CSc1nc(/C=C(\C)[C@@H]2C/C=C(/C)CCC[C@H](C)[C@H](O)[C@@H](C)C(=O)C(C)(C)[C@@H](O)CC(=O)O2)cs1. The van der Waals surface area contributed by atoms with Crippen LogP contribution in [0.4, 0.5) is 0 Å². The highest BCUT2D eigenvalue weighted by Crippen LogP contribution is 2.32. The zero-order valence-electron chi connectivity index (χ0n) is 22.0. The van der Waals surface area contributed by atoms with Crippen LogP contribution in [0.3, 0.4) is 0 Å². The Balaban J connectivity index is 2.33. The third-order valence-electron chi connectivity index (χ3n) is 7.08. The minimum absolute atomic E-state index is 0.0465.